The number of allylic oxidation sites excluding steroid dienone is 4. The molecular weight excluding hydrogens is 380 g/mol. The van der Waals surface area contributed by atoms with Crippen LogP contribution in [0.3, 0.4) is 0 Å². The first-order chi connectivity index (χ1) is 14.1. The maximum atomic E-state index is 13.1. The van der Waals surface area contributed by atoms with Gasteiger partial charge in [0.05, 0.1) is 18.1 Å². The Kier molecular flexibility index (Phi) is 6.20. The molecule has 0 radical (unpaired) electrons. The molecule has 0 spiro atoms. The van der Waals surface area contributed by atoms with Gasteiger partial charge in [0.1, 0.15) is 16.9 Å². The van der Waals surface area contributed by atoms with Crippen LogP contribution in [-0.4, -0.2) is 18.5 Å². The van der Waals surface area contributed by atoms with Crippen molar-refractivity contribution < 1.29 is 18.7 Å². The largest absolute Gasteiger partial charge is 0.497 e. The van der Waals surface area contributed by atoms with Crippen LogP contribution in [0, 0.1) is 0 Å². The van der Waals surface area contributed by atoms with Crippen LogP contribution in [-0.2, 0) is 4.79 Å². The Morgan fingerprint density at radius 2 is 2.00 bits per heavy atom. The van der Waals surface area contributed by atoms with Gasteiger partial charge in [-0.1, -0.05) is 24.1 Å². The standard InChI is InChI=1S/C25H30O5/c1-15(2)12-18(26)13-16(3)8-7-11-25(5)17(4)22-23(27)20-10-9-19(28-6)14-21(20)29-24(22)30-25/h8-10,12,14,17H,7,11,13H2,1-6H3/t17-,25-/m0/s1. The Hall–Kier alpha value is -2.82. The fraction of sp³-hybridized carbons (Fsp3) is 0.440. The molecule has 1 aliphatic heterocycles. The first-order valence-electron chi connectivity index (χ1n) is 10.3. The van der Waals surface area contributed by atoms with E-state index in [2.05, 4.69) is 6.08 Å². The smallest absolute Gasteiger partial charge is 0.293 e. The number of rotatable bonds is 7. The van der Waals surface area contributed by atoms with Gasteiger partial charge in [-0.2, -0.15) is 0 Å². The number of hydrogen-bond acceptors (Lipinski definition) is 5. The summed E-state index contributed by atoms with van der Waals surface area (Å²) in [6.45, 7) is 9.83. The van der Waals surface area contributed by atoms with Crippen LogP contribution < -0.4 is 14.9 Å². The highest BCUT2D eigenvalue weighted by Gasteiger charge is 2.45. The third-order valence-electron chi connectivity index (χ3n) is 5.81. The molecule has 0 bridgehead atoms. The Morgan fingerprint density at radius 3 is 2.67 bits per heavy atom. The van der Waals surface area contributed by atoms with Crippen molar-refractivity contribution in [1.29, 1.82) is 0 Å². The first kappa shape index (κ1) is 21.9. The van der Waals surface area contributed by atoms with Crippen LogP contribution in [0.15, 0.2) is 50.7 Å². The minimum Gasteiger partial charge on any atom is -0.497 e. The van der Waals surface area contributed by atoms with Gasteiger partial charge in [-0.25, -0.2) is 0 Å². The molecular formula is C25H30O5. The summed E-state index contributed by atoms with van der Waals surface area (Å²) in [6, 6.07) is 5.20. The minimum atomic E-state index is -0.548. The maximum Gasteiger partial charge on any atom is 0.293 e. The number of hydrogen-bond donors (Lipinski definition) is 0. The molecule has 5 heteroatoms. The number of carbonyl (C=O) groups is 1. The topological polar surface area (TPSA) is 65.7 Å². The molecule has 0 unspecified atom stereocenters. The average Bonchev–Trinajstić information content (AvgIpc) is 2.91. The lowest BCUT2D eigenvalue weighted by Gasteiger charge is -2.27. The predicted molar refractivity (Wildman–Crippen MR) is 119 cm³/mol. The van der Waals surface area contributed by atoms with Crippen LogP contribution >= 0.6 is 0 Å². The van der Waals surface area contributed by atoms with E-state index < -0.39 is 5.60 Å². The van der Waals surface area contributed by atoms with Gasteiger partial charge in [-0.05, 0) is 58.7 Å². The lowest BCUT2D eigenvalue weighted by atomic mass is 9.83. The summed E-state index contributed by atoms with van der Waals surface area (Å²) >= 11 is 0. The Bertz CT molecular complexity index is 1080. The zero-order valence-corrected chi connectivity index (χ0v) is 18.6. The number of benzene rings is 1. The third-order valence-corrected chi connectivity index (χ3v) is 5.81. The van der Waals surface area contributed by atoms with E-state index in [0.717, 1.165) is 17.6 Å². The van der Waals surface area contributed by atoms with E-state index in [9.17, 15) is 9.59 Å². The van der Waals surface area contributed by atoms with Crippen molar-refractivity contribution in [3.05, 3.63) is 57.3 Å². The highest BCUT2D eigenvalue weighted by molar-refractivity contribution is 5.91. The molecule has 1 aromatic carbocycles. The molecule has 0 fully saturated rings. The molecule has 2 aromatic rings. The van der Waals surface area contributed by atoms with Crippen molar-refractivity contribution in [1.82, 2.24) is 0 Å². The van der Waals surface area contributed by atoms with Crippen LogP contribution in [0.25, 0.3) is 11.0 Å². The summed E-state index contributed by atoms with van der Waals surface area (Å²) in [7, 11) is 1.57. The Morgan fingerprint density at radius 1 is 1.27 bits per heavy atom. The molecule has 2 heterocycles. The fourth-order valence-electron chi connectivity index (χ4n) is 3.94. The maximum absolute atomic E-state index is 13.1. The summed E-state index contributed by atoms with van der Waals surface area (Å²) in [5.41, 5.74) is 2.50. The second-order valence-corrected chi connectivity index (χ2v) is 8.58. The number of carbonyl (C=O) groups excluding carboxylic acids is 1. The number of fused-ring (bicyclic) bond motifs is 2. The van der Waals surface area contributed by atoms with Crippen molar-refractivity contribution in [2.24, 2.45) is 0 Å². The summed E-state index contributed by atoms with van der Waals surface area (Å²) in [5, 5.41) is 0.530. The number of methoxy groups -OCH3 is 1. The average molecular weight is 411 g/mol. The third kappa shape index (κ3) is 4.35. The molecule has 0 aliphatic carbocycles. The Balaban J connectivity index is 1.78. The predicted octanol–water partition coefficient (Wildman–Crippen LogP) is 5.71. The van der Waals surface area contributed by atoms with E-state index in [1.165, 1.54) is 0 Å². The molecule has 3 rings (SSSR count). The van der Waals surface area contributed by atoms with Gasteiger partial charge < -0.3 is 13.9 Å². The molecule has 2 atom stereocenters. The van der Waals surface area contributed by atoms with Crippen LogP contribution in [0.4, 0.5) is 0 Å². The molecule has 0 amide bonds. The van der Waals surface area contributed by atoms with Gasteiger partial charge in [-0.15, -0.1) is 0 Å². The molecule has 1 aromatic heterocycles. The molecule has 0 N–H and O–H groups in total. The highest BCUT2D eigenvalue weighted by atomic mass is 16.6. The van der Waals surface area contributed by atoms with Crippen LogP contribution in [0.1, 0.15) is 65.4 Å². The van der Waals surface area contributed by atoms with Gasteiger partial charge in [0, 0.05) is 18.4 Å². The normalized spacial score (nSPS) is 20.6. The van der Waals surface area contributed by atoms with Crippen molar-refractivity contribution >= 4 is 16.8 Å². The van der Waals surface area contributed by atoms with E-state index in [4.69, 9.17) is 13.9 Å². The Labute approximate surface area is 177 Å². The van der Waals surface area contributed by atoms with E-state index in [-0.39, 0.29) is 17.1 Å². The van der Waals surface area contributed by atoms with E-state index in [1.54, 1.807) is 31.4 Å². The molecule has 160 valence electrons. The quantitative estimate of drug-likeness (QED) is 0.432. The molecule has 30 heavy (non-hydrogen) atoms. The summed E-state index contributed by atoms with van der Waals surface area (Å²) in [6.07, 6.45) is 5.65. The second-order valence-electron chi connectivity index (χ2n) is 8.58. The monoisotopic (exact) mass is 410 g/mol. The van der Waals surface area contributed by atoms with Gasteiger partial charge >= 0.3 is 0 Å². The van der Waals surface area contributed by atoms with Gasteiger partial charge in [0.15, 0.2) is 11.2 Å². The van der Waals surface area contributed by atoms with Crippen molar-refractivity contribution in [2.45, 2.75) is 65.4 Å². The zero-order valence-electron chi connectivity index (χ0n) is 18.6. The van der Waals surface area contributed by atoms with Gasteiger partial charge in [0.25, 0.3) is 5.95 Å². The van der Waals surface area contributed by atoms with Gasteiger partial charge in [-0.3, -0.25) is 9.59 Å². The number of ketones is 1. The SMILES string of the molecule is COc1ccc2c(=O)c3c(oc2c1)O[C@@](C)(CCC=C(C)CC(=O)C=C(C)C)[C@H]3C. The lowest BCUT2D eigenvalue weighted by Crippen LogP contribution is -2.33. The van der Waals surface area contributed by atoms with Crippen molar-refractivity contribution in [2.75, 3.05) is 7.11 Å². The summed E-state index contributed by atoms with van der Waals surface area (Å²) < 4.78 is 17.3. The summed E-state index contributed by atoms with van der Waals surface area (Å²) in [4.78, 5) is 25.0. The van der Waals surface area contributed by atoms with E-state index >= 15 is 0 Å². The van der Waals surface area contributed by atoms with Crippen LogP contribution in [0.2, 0.25) is 0 Å². The van der Waals surface area contributed by atoms with E-state index in [1.807, 2.05) is 34.6 Å². The molecule has 0 saturated carbocycles. The zero-order chi connectivity index (χ0) is 22.1. The van der Waals surface area contributed by atoms with Gasteiger partial charge in [0.2, 0.25) is 0 Å². The molecule has 5 nitrogen and oxygen atoms in total. The highest BCUT2D eigenvalue weighted by Crippen LogP contribution is 2.46. The van der Waals surface area contributed by atoms with Crippen molar-refractivity contribution in [3.8, 4) is 11.7 Å². The van der Waals surface area contributed by atoms with Crippen LogP contribution in [0.5, 0.6) is 11.7 Å². The minimum absolute atomic E-state index is 0.0517. The fourth-order valence-corrected chi connectivity index (χ4v) is 3.94. The second kappa shape index (κ2) is 8.50. The van der Waals surface area contributed by atoms with E-state index in [0.29, 0.717) is 41.1 Å². The van der Waals surface area contributed by atoms with Crippen molar-refractivity contribution in [3.63, 3.8) is 0 Å². The number of ether oxygens (including phenoxy) is 2. The first-order valence-corrected chi connectivity index (χ1v) is 10.3. The molecule has 0 saturated heterocycles. The lowest BCUT2D eigenvalue weighted by molar-refractivity contribution is -0.114. The summed E-state index contributed by atoms with van der Waals surface area (Å²) in [5.74, 6) is 0.943. The molecule has 1 aliphatic rings.